The minimum absolute atomic E-state index is 0.654. The van der Waals surface area contributed by atoms with Gasteiger partial charge < -0.3 is 9.46 Å². The van der Waals surface area contributed by atoms with Crippen LogP contribution in [-0.4, -0.2) is 11.3 Å². The van der Waals surface area contributed by atoms with E-state index < -0.39 is 11.0 Å². The molecule has 0 spiro atoms. The first-order valence-corrected chi connectivity index (χ1v) is 6.74. The maximum absolute atomic E-state index is 12.3. The first-order chi connectivity index (χ1) is 8.72. The number of benzene rings is 2. The summed E-state index contributed by atoms with van der Waals surface area (Å²) in [5.74, 6) is 0.666. The van der Waals surface area contributed by atoms with Gasteiger partial charge in [-0.3, -0.25) is 0 Å². The van der Waals surface area contributed by atoms with Gasteiger partial charge in [-0.05, 0) is 30.7 Å². The minimum atomic E-state index is -1.33. The van der Waals surface area contributed by atoms with Crippen molar-refractivity contribution in [3.8, 4) is 5.75 Å². The molecule has 0 amide bonds. The van der Waals surface area contributed by atoms with Crippen LogP contribution in [0.5, 0.6) is 5.75 Å². The fourth-order valence-corrected chi connectivity index (χ4v) is 2.78. The lowest BCUT2D eigenvalue weighted by molar-refractivity contribution is 0.401. The number of aryl methyl sites for hydroxylation is 1. The lowest BCUT2D eigenvalue weighted by Crippen LogP contribution is -2.06. The van der Waals surface area contributed by atoms with E-state index in [0.717, 1.165) is 11.3 Å². The summed E-state index contributed by atoms with van der Waals surface area (Å²) in [7, 11) is 0.258. The van der Waals surface area contributed by atoms with E-state index in [2.05, 4.69) is 4.72 Å². The maximum Gasteiger partial charge on any atom is 0.154 e. The summed E-state index contributed by atoms with van der Waals surface area (Å²) in [5, 5.41) is 0. The molecule has 1 N–H and O–H groups in total. The summed E-state index contributed by atoms with van der Waals surface area (Å²) in [6, 6.07) is 15.1. The van der Waals surface area contributed by atoms with E-state index >= 15 is 0 Å². The van der Waals surface area contributed by atoms with Gasteiger partial charge >= 0.3 is 0 Å². The molecule has 0 fully saturated rings. The molecule has 0 aliphatic rings. The fraction of sp³-hybridized carbons (Fsp3) is 0.143. The molecule has 0 radical (unpaired) electrons. The zero-order chi connectivity index (χ0) is 13.0. The smallest absolute Gasteiger partial charge is 0.154 e. The summed E-state index contributed by atoms with van der Waals surface area (Å²) in [5.41, 5.74) is 1.79. The van der Waals surface area contributed by atoms with Gasteiger partial charge in [0.15, 0.2) is 11.0 Å². The van der Waals surface area contributed by atoms with Gasteiger partial charge in [0, 0.05) is 5.69 Å². The molecule has 2 aromatic carbocycles. The molecular weight excluding hydrogens is 246 g/mol. The Bertz CT molecular complexity index is 555. The number of rotatable bonds is 4. The Morgan fingerprint density at radius 2 is 1.78 bits per heavy atom. The summed E-state index contributed by atoms with van der Waals surface area (Å²) in [6.07, 6.45) is 0. The molecule has 2 rings (SSSR count). The first kappa shape index (κ1) is 12.6. The highest BCUT2D eigenvalue weighted by Crippen LogP contribution is 2.26. The van der Waals surface area contributed by atoms with E-state index in [-0.39, 0.29) is 0 Å². The molecule has 0 bridgehead atoms. The third-order valence-corrected chi connectivity index (χ3v) is 3.71. The van der Waals surface area contributed by atoms with Crippen molar-refractivity contribution in [2.75, 3.05) is 11.8 Å². The number of nitrogens with one attached hydrogen (secondary N) is 1. The van der Waals surface area contributed by atoms with Crippen LogP contribution in [0.4, 0.5) is 5.69 Å². The summed E-state index contributed by atoms with van der Waals surface area (Å²) in [4.78, 5) is 0.654. The third kappa shape index (κ3) is 2.71. The van der Waals surface area contributed by atoms with E-state index in [1.165, 1.54) is 0 Å². The largest absolute Gasteiger partial charge is 0.495 e. The molecule has 1 atom stereocenters. The predicted octanol–water partition coefficient (Wildman–Crippen LogP) is 3.14. The van der Waals surface area contributed by atoms with E-state index in [9.17, 15) is 4.21 Å². The molecule has 0 aliphatic heterocycles. The lowest BCUT2D eigenvalue weighted by atomic mass is 10.2. The van der Waals surface area contributed by atoms with Crippen LogP contribution in [0.2, 0.25) is 0 Å². The minimum Gasteiger partial charge on any atom is -0.495 e. The number of methoxy groups -OCH3 is 1. The van der Waals surface area contributed by atoms with Crippen molar-refractivity contribution in [3.05, 3.63) is 54.1 Å². The molecule has 4 heteroatoms. The molecule has 1 unspecified atom stereocenters. The van der Waals surface area contributed by atoms with Crippen LogP contribution in [-0.2, 0) is 11.0 Å². The Labute approximate surface area is 109 Å². The van der Waals surface area contributed by atoms with E-state index in [1.807, 2.05) is 49.4 Å². The second kappa shape index (κ2) is 5.69. The Morgan fingerprint density at radius 1 is 1.06 bits per heavy atom. The average Bonchev–Trinajstić information content (AvgIpc) is 2.39. The third-order valence-electron chi connectivity index (χ3n) is 2.56. The molecule has 0 aromatic heterocycles. The number of anilines is 1. The van der Waals surface area contributed by atoms with Crippen LogP contribution in [0, 0.1) is 6.92 Å². The average molecular weight is 261 g/mol. The van der Waals surface area contributed by atoms with Crippen molar-refractivity contribution < 1.29 is 8.95 Å². The van der Waals surface area contributed by atoms with Gasteiger partial charge in [-0.15, -0.1) is 0 Å². The lowest BCUT2D eigenvalue weighted by Gasteiger charge is -2.11. The van der Waals surface area contributed by atoms with Gasteiger partial charge in [-0.2, -0.15) is 0 Å². The maximum atomic E-state index is 12.3. The van der Waals surface area contributed by atoms with Crippen molar-refractivity contribution in [2.24, 2.45) is 0 Å². The quantitative estimate of drug-likeness (QED) is 0.918. The number of hydrogen-bond donors (Lipinski definition) is 1. The highest BCUT2D eigenvalue weighted by atomic mass is 32.2. The number of hydrogen-bond acceptors (Lipinski definition) is 2. The van der Waals surface area contributed by atoms with Crippen molar-refractivity contribution in [3.63, 3.8) is 0 Å². The van der Waals surface area contributed by atoms with Crippen LogP contribution in [0.15, 0.2) is 53.4 Å². The zero-order valence-electron chi connectivity index (χ0n) is 10.3. The molecule has 3 nitrogen and oxygen atoms in total. The predicted molar refractivity (Wildman–Crippen MR) is 74.2 cm³/mol. The van der Waals surface area contributed by atoms with E-state index in [0.29, 0.717) is 10.6 Å². The second-order valence-electron chi connectivity index (χ2n) is 3.84. The Kier molecular flexibility index (Phi) is 3.99. The Hall–Kier alpha value is -1.81. The standard InChI is InChI=1S/C14H15NO2S/c1-11-7-6-10-13(14(11)17-2)18(16)15-12-8-4-3-5-9-12/h3-10,15H,1-2H3. The molecule has 0 heterocycles. The van der Waals surface area contributed by atoms with Crippen LogP contribution >= 0.6 is 0 Å². The second-order valence-corrected chi connectivity index (χ2v) is 5.02. The highest BCUT2D eigenvalue weighted by molar-refractivity contribution is 7.86. The first-order valence-electron chi connectivity index (χ1n) is 5.59. The van der Waals surface area contributed by atoms with Crippen molar-refractivity contribution >= 4 is 16.7 Å². The highest BCUT2D eigenvalue weighted by Gasteiger charge is 2.12. The monoisotopic (exact) mass is 261 g/mol. The summed E-state index contributed by atoms with van der Waals surface area (Å²) >= 11 is 0. The molecule has 0 saturated heterocycles. The van der Waals surface area contributed by atoms with Gasteiger partial charge in [0.25, 0.3) is 0 Å². The number of para-hydroxylation sites is 2. The zero-order valence-corrected chi connectivity index (χ0v) is 11.2. The Morgan fingerprint density at radius 3 is 2.44 bits per heavy atom. The van der Waals surface area contributed by atoms with Gasteiger partial charge in [-0.1, -0.05) is 30.3 Å². The molecule has 94 valence electrons. The van der Waals surface area contributed by atoms with Crippen molar-refractivity contribution in [2.45, 2.75) is 11.8 Å². The summed E-state index contributed by atoms with van der Waals surface area (Å²) in [6.45, 7) is 1.93. The SMILES string of the molecule is COc1c(C)cccc1S(=O)Nc1ccccc1. The number of ether oxygens (including phenoxy) is 1. The van der Waals surface area contributed by atoms with Gasteiger partial charge in [0.05, 0.1) is 7.11 Å². The molecule has 0 aliphatic carbocycles. The molecule has 18 heavy (non-hydrogen) atoms. The summed E-state index contributed by atoms with van der Waals surface area (Å²) < 4.78 is 20.5. The topological polar surface area (TPSA) is 38.3 Å². The van der Waals surface area contributed by atoms with E-state index in [1.54, 1.807) is 13.2 Å². The van der Waals surface area contributed by atoms with Gasteiger partial charge in [-0.25, -0.2) is 4.21 Å². The molecule has 2 aromatic rings. The van der Waals surface area contributed by atoms with Gasteiger partial charge in [0.2, 0.25) is 0 Å². The fourth-order valence-electron chi connectivity index (χ4n) is 1.70. The Balaban J connectivity index is 2.27. The van der Waals surface area contributed by atoms with Crippen LogP contribution in [0.3, 0.4) is 0 Å². The van der Waals surface area contributed by atoms with Crippen molar-refractivity contribution in [1.29, 1.82) is 0 Å². The van der Waals surface area contributed by atoms with Crippen molar-refractivity contribution in [1.82, 2.24) is 0 Å². The molecule has 0 saturated carbocycles. The van der Waals surface area contributed by atoms with Gasteiger partial charge in [0.1, 0.15) is 10.6 Å². The van der Waals surface area contributed by atoms with Crippen LogP contribution in [0.1, 0.15) is 5.56 Å². The molecular formula is C14H15NO2S. The van der Waals surface area contributed by atoms with Crippen LogP contribution in [0.25, 0.3) is 0 Å². The van der Waals surface area contributed by atoms with E-state index in [4.69, 9.17) is 4.74 Å². The normalized spacial score (nSPS) is 11.9. The van der Waals surface area contributed by atoms with Crippen LogP contribution < -0.4 is 9.46 Å².